The SMILES string of the molecule is COC(=O)[C@H]1C[C@@H]2O[C@@]23[C@@H]2CC[C@H]4C[C@H](OC(C)=O)CC[C@]4(C)[C@H]2[C@H](OC(C)=O)C[C@]13C. The van der Waals surface area contributed by atoms with Crippen molar-refractivity contribution in [3.05, 3.63) is 0 Å². The Labute approximate surface area is 189 Å². The van der Waals surface area contributed by atoms with E-state index in [1.807, 2.05) is 0 Å². The molecule has 178 valence electrons. The van der Waals surface area contributed by atoms with E-state index in [0.29, 0.717) is 18.8 Å². The average Bonchev–Trinajstić information content (AvgIpc) is 3.38. The molecule has 0 radical (unpaired) electrons. The zero-order valence-corrected chi connectivity index (χ0v) is 19.8. The fraction of sp³-hybridized carbons (Fsp3) is 0.880. The third-order valence-electron chi connectivity index (χ3n) is 10.1. The van der Waals surface area contributed by atoms with Crippen LogP contribution < -0.4 is 0 Å². The van der Waals surface area contributed by atoms with Gasteiger partial charge in [-0.15, -0.1) is 0 Å². The fourth-order valence-electron chi connectivity index (χ4n) is 8.89. The van der Waals surface area contributed by atoms with Gasteiger partial charge in [0.15, 0.2) is 0 Å². The minimum atomic E-state index is -0.399. The summed E-state index contributed by atoms with van der Waals surface area (Å²) in [5.41, 5.74) is -0.742. The molecule has 5 fully saturated rings. The maximum absolute atomic E-state index is 12.7. The molecule has 4 saturated carbocycles. The fourth-order valence-corrected chi connectivity index (χ4v) is 8.89. The number of hydrogen-bond donors (Lipinski definition) is 0. The highest BCUT2D eigenvalue weighted by Crippen LogP contribution is 2.76. The molecule has 0 aromatic heterocycles. The van der Waals surface area contributed by atoms with Crippen molar-refractivity contribution in [2.75, 3.05) is 7.11 Å². The molecule has 5 aliphatic rings. The summed E-state index contributed by atoms with van der Waals surface area (Å²) in [6, 6.07) is 0. The van der Waals surface area contributed by atoms with Gasteiger partial charge in [-0.25, -0.2) is 0 Å². The van der Waals surface area contributed by atoms with E-state index < -0.39 is 5.41 Å². The summed E-state index contributed by atoms with van der Waals surface area (Å²) >= 11 is 0. The largest absolute Gasteiger partial charge is 0.469 e. The monoisotopic (exact) mass is 448 g/mol. The van der Waals surface area contributed by atoms with Crippen LogP contribution in [0.1, 0.15) is 72.6 Å². The van der Waals surface area contributed by atoms with Gasteiger partial charge in [-0.05, 0) is 62.2 Å². The molecule has 10 atom stereocenters. The quantitative estimate of drug-likeness (QED) is 0.371. The standard InChI is InChI=1S/C25H36O7/c1-13(26)30-16-8-9-23(3)15(10-16)6-7-17-21(23)19(31-14(2)27)12-24(4)18(22(28)29-5)11-20-25(17,24)32-20/h15-21H,6-12H2,1-5H3/t15-,16+,17+,18+,19+,20-,21+,23-,24+,25-/m0/s1. The number of fused-ring (bicyclic) bond motifs is 3. The van der Waals surface area contributed by atoms with E-state index in [-0.39, 0.29) is 65.0 Å². The third-order valence-corrected chi connectivity index (χ3v) is 10.1. The Hall–Kier alpha value is -1.63. The molecule has 0 N–H and O–H groups in total. The van der Waals surface area contributed by atoms with Crippen molar-refractivity contribution in [2.45, 2.75) is 96.6 Å². The zero-order valence-electron chi connectivity index (χ0n) is 19.8. The highest BCUT2D eigenvalue weighted by molar-refractivity contribution is 5.75. The number of ether oxygens (including phenoxy) is 4. The zero-order chi connectivity index (χ0) is 23.1. The van der Waals surface area contributed by atoms with E-state index in [1.165, 1.54) is 21.0 Å². The van der Waals surface area contributed by atoms with Crippen LogP contribution in [-0.2, 0) is 33.3 Å². The highest BCUT2D eigenvalue weighted by atomic mass is 16.6. The van der Waals surface area contributed by atoms with Crippen LogP contribution in [0.15, 0.2) is 0 Å². The van der Waals surface area contributed by atoms with E-state index in [2.05, 4.69) is 13.8 Å². The van der Waals surface area contributed by atoms with Gasteiger partial charge >= 0.3 is 17.9 Å². The van der Waals surface area contributed by atoms with Gasteiger partial charge in [-0.1, -0.05) is 13.8 Å². The molecule has 4 aliphatic carbocycles. The number of rotatable bonds is 3. The first-order valence-corrected chi connectivity index (χ1v) is 12.2. The lowest BCUT2D eigenvalue weighted by molar-refractivity contribution is -0.211. The second-order valence-corrected chi connectivity index (χ2v) is 11.4. The molecule has 32 heavy (non-hydrogen) atoms. The number of methoxy groups -OCH3 is 1. The topological polar surface area (TPSA) is 91.4 Å². The van der Waals surface area contributed by atoms with Crippen LogP contribution in [0.5, 0.6) is 0 Å². The van der Waals surface area contributed by atoms with Gasteiger partial charge in [0.05, 0.1) is 19.1 Å². The van der Waals surface area contributed by atoms with Crippen molar-refractivity contribution >= 4 is 17.9 Å². The Morgan fingerprint density at radius 3 is 2.34 bits per heavy atom. The first-order chi connectivity index (χ1) is 15.1. The normalized spacial score (nSPS) is 50.7. The molecule has 1 saturated heterocycles. The van der Waals surface area contributed by atoms with Gasteiger partial charge in [-0.2, -0.15) is 0 Å². The summed E-state index contributed by atoms with van der Waals surface area (Å²) in [6.07, 6.45) is 5.78. The Balaban J connectivity index is 1.50. The van der Waals surface area contributed by atoms with Crippen LogP contribution in [0.4, 0.5) is 0 Å². The summed E-state index contributed by atoms with van der Waals surface area (Å²) in [5.74, 6) is -0.0507. The lowest BCUT2D eigenvalue weighted by Gasteiger charge is -2.62. The molecule has 0 unspecified atom stereocenters. The van der Waals surface area contributed by atoms with Gasteiger partial charge in [0.2, 0.25) is 0 Å². The van der Waals surface area contributed by atoms with E-state index >= 15 is 0 Å². The molecule has 0 bridgehead atoms. The van der Waals surface area contributed by atoms with Crippen molar-refractivity contribution < 1.29 is 33.3 Å². The van der Waals surface area contributed by atoms with Crippen LogP contribution >= 0.6 is 0 Å². The predicted molar refractivity (Wildman–Crippen MR) is 113 cm³/mol. The van der Waals surface area contributed by atoms with E-state index in [9.17, 15) is 14.4 Å². The summed E-state index contributed by atoms with van der Waals surface area (Å²) in [5, 5.41) is 0. The van der Waals surface area contributed by atoms with E-state index in [4.69, 9.17) is 18.9 Å². The summed E-state index contributed by atoms with van der Waals surface area (Å²) in [4.78, 5) is 36.4. The van der Waals surface area contributed by atoms with Gasteiger partial charge in [0.25, 0.3) is 0 Å². The molecule has 0 aromatic carbocycles. The minimum absolute atomic E-state index is 0.0182. The molecule has 7 heteroatoms. The molecule has 0 amide bonds. The minimum Gasteiger partial charge on any atom is -0.469 e. The molecule has 0 aromatic rings. The van der Waals surface area contributed by atoms with Crippen LogP contribution in [0.3, 0.4) is 0 Å². The molecular weight excluding hydrogens is 412 g/mol. The molecule has 1 heterocycles. The lowest BCUT2D eigenvalue weighted by atomic mass is 9.43. The highest BCUT2D eigenvalue weighted by Gasteiger charge is 2.83. The van der Waals surface area contributed by atoms with Crippen molar-refractivity contribution in [1.29, 1.82) is 0 Å². The Morgan fingerprint density at radius 1 is 0.969 bits per heavy atom. The van der Waals surface area contributed by atoms with Crippen LogP contribution in [-0.4, -0.2) is 48.9 Å². The van der Waals surface area contributed by atoms with Crippen LogP contribution in [0.2, 0.25) is 0 Å². The number of epoxide rings is 1. The van der Waals surface area contributed by atoms with E-state index in [0.717, 1.165) is 32.1 Å². The molecular formula is C25H36O7. The number of esters is 3. The number of carbonyl (C=O) groups excluding carboxylic acids is 3. The van der Waals surface area contributed by atoms with Crippen molar-refractivity contribution in [3.8, 4) is 0 Å². The second-order valence-electron chi connectivity index (χ2n) is 11.4. The Bertz CT molecular complexity index is 840. The lowest BCUT2D eigenvalue weighted by Crippen LogP contribution is -2.64. The molecule has 5 rings (SSSR count). The van der Waals surface area contributed by atoms with E-state index in [1.54, 1.807) is 0 Å². The van der Waals surface area contributed by atoms with Gasteiger partial charge < -0.3 is 18.9 Å². The summed E-state index contributed by atoms with van der Waals surface area (Å²) in [6.45, 7) is 7.45. The van der Waals surface area contributed by atoms with Crippen molar-refractivity contribution in [1.82, 2.24) is 0 Å². The first-order valence-electron chi connectivity index (χ1n) is 12.2. The van der Waals surface area contributed by atoms with Gasteiger partial charge in [-0.3, -0.25) is 14.4 Å². The van der Waals surface area contributed by atoms with Gasteiger partial charge in [0, 0.05) is 25.2 Å². The Kier molecular flexibility index (Phi) is 4.98. The maximum atomic E-state index is 12.7. The summed E-state index contributed by atoms with van der Waals surface area (Å²) in [7, 11) is 1.45. The molecule has 7 nitrogen and oxygen atoms in total. The molecule has 1 spiro atoms. The third kappa shape index (κ3) is 2.85. The number of hydrogen-bond acceptors (Lipinski definition) is 7. The predicted octanol–water partition coefficient (Wildman–Crippen LogP) is 3.42. The maximum Gasteiger partial charge on any atom is 0.309 e. The first kappa shape index (κ1) is 22.2. The van der Waals surface area contributed by atoms with Crippen LogP contribution in [0.25, 0.3) is 0 Å². The van der Waals surface area contributed by atoms with Crippen molar-refractivity contribution in [3.63, 3.8) is 0 Å². The number of carbonyl (C=O) groups is 3. The van der Waals surface area contributed by atoms with Gasteiger partial charge in [0.1, 0.15) is 17.8 Å². The molecule has 1 aliphatic heterocycles. The second kappa shape index (κ2) is 7.18. The average molecular weight is 449 g/mol. The summed E-state index contributed by atoms with van der Waals surface area (Å²) < 4.78 is 23.3. The van der Waals surface area contributed by atoms with Crippen molar-refractivity contribution in [2.24, 2.45) is 34.5 Å². The van der Waals surface area contributed by atoms with Crippen LogP contribution in [0, 0.1) is 34.5 Å². The Morgan fingerprint density at radius 2 is 1.69 bits per heavy atom. The smallest absolute Gasteiger partial charge is 0.309 e.